The Hall–Kier alpha value is -1.92. The zero-order valence-corrected chi connectivity index (χ0v) is 13.7. The molecule has 2 aromatic rings. The molecule has 0 atom stereocenters. The van der Waals surface area contributed by atoms with Gasteiger partial charge in [0.2, 0.25) is 0 Å². The standard InChI is InChI=1S/C16H19FN4O.ClH/c1-12-11-13(17)3-4-14(12)20-15(22)16(5-8-18-9-6-16)21-10-2-7-19-21;/h2-4,7,10-11,18H,5-6,8-9H2,1H3,(H,20,22);1H. The summed E-state index contributed by atoms with van der Waals surface area (Å²) in [6.07, 6.45) is 4.84. The number of halogens is 2. The summed E-state index contributed by atoms with van der Waals surface area (Å²) in [6, 6.07) is 6.19. The van der Waals surface area contributed by atoms with Crippen LogP contribution in [0.1, 0.15) is 18.4 Å². The highest BCUT2D eigenvalue weighted by Gasteiger charge is 2.42. The Bertz CT molecular complexity index is 669. The molecule has 1 aromatic heterocycles. The summed E-state index contributed by atoms with van der Waals surface area (Å²) in [5.74, 6) is -0.411. The monoisotopic (exact) mass is 338 g/mol. The zero-order valence-electron chi connectivity index (χ0n) is 12.9. The van der Waals surface area contributed by atoms with Crippen LogP contribution in [0.3, 0.4) is 0 Å². The van der Waals surface area contributed by atoms with Crippen molar-refractivity contribution in [2.24, 2.45) is 0 Å². The van der Waals surface area contributed by atoms with E-state index < -0.39 is 5.54 Å². The summed E-state index contributed by atoms with van der Waals surface area (Å²) >= 11 is 0. The van der Waals surface area contributed by atoms with Crippen LogP contribution in [-0.4, -0.2) is 28.8 Å². The van der Waals surface area contributed by atoms with Gasteiger partial charge in [-0.1, -0.05) is 0 Å². The van der Waals surface area contributed by atoms with Gasteiger partial charge in [0.05, 0.1) is 0 Å². The number of aromatic nitrogens is 2. The van der Waals surface area contributed by atoms with Crippen LogP contribution >= 0.6 is 12.4 Å². The summed E-state index contributed by atoms with van der Waals surface area (Å²) in [5.41, 5.74) is 0.643. The van der Waals surface area contributed by atoms with Gasteiger partial charge >= 0.3 is 0 Å². The van der Waals surface area contributed by atoms with Crippen molar-refractivity contribution in [3.8, 4) is 0 Å². The molecule has 0 spiro atoms. The van der Waals surface area contributed by atoms with Crippen molar-refractivity contribution in [1.29, 1.82) is 0 Å². The van der Waals surface area contributed by atoms with Crippen LogP contribution < -0.4 is 10.6 Å². The van der Waals surface area contributed by atoms with Crippen molar-refractivity contribution >= 4 is 24.0 Å². The first kappa shape index (κ1) is 17.4. The van der Waals surface area contributed by atoms with Crippen molar-refractivity contribution < 1.29 is 9.18 Å². The highest BCUT2D eigenvalue weighted by Crippen LogP contribution is 2.29. The lowest BCUT2D eigenvalue weighted by atomic mass is 9.87. The number of nitrogens with one attached hydrogen (secondary N) is 2. The van der Waals surface area contributed by atoms with Crippen LogP contribution in [-0.2, 0) is 10.3 Å². The Morgan fingerprint density at radius 3 is 2.74 bits per heavy atom. The maximum absolute atomic E-state index is 13.2. The van der Waals surface area contributed by atoms with Crippen molar-refractivity contribution in [1.82, 2.24) is 15.1 Å². The second-order valence-corrected chi connectivity index (χ2v) is 5.65. The van der Waals surface area contributed by atoms with Gasteiger partial charge in [0.25, 0.3) is 5.91 Å². The van der Waals surface area contributed by atoms with E-state index in [0.717, 1.165) is 13.1 Å². The minimum atomic E-state index is -0.699. The highest BCUT2D eigenvalue weighted by atomic mass is 35.5. The fraction of sp³-hybridized carbons (Fsp3) is 0.375. The van der Waals surface area contributed by atoms with Gasteiger partial charge in [-0.2, -0.15) is 5.10 Å². The SMILES string of the molecule is Cc1cc(F)ccc1NC(=O)C1(n2cccn2)CCNCC1.Cl. The minimum Gasteiger partial charge on any atom is -0.324 e. The Morgan fingerprint density at radius 1 is 1.39 bits per heavy atom. The quantitative estimate of drug-likeness (QED) is 0.904. The molecular formula is C16H20ClFN4O. The van der Waals surface area contributed by atoms with Crippen molar-refractivity contribution in [2.45, 2.75) is 25.3 Å². The van der Waals surface area contributed by atoms with Gasteiger partial charge in [0.1, 0.15) is 11.4 Å². The molecule has 0 aliphatic carbocycles. The number of aryl methyl sites for hydroxylation is 1. The number of benzene rings is 1. The molecule has 2 heterocycles. The average molecular weight is 339 g/mol. The number of rotatable bonds is 3. The summed E-state index contributed by atoms with van der Waals surface area (Å²) < 4.78 is 14.9. The summed E-state index contributed by atoms with van der Waals surface area (Å²) in [7, 11) is 0. The molecule has 124 valence electrons. The molecular weight excluding hydrogens is 319 g/mol. The number of nitrogens with zero attached hydrogens (tertiary/aromatic N) is 2. The molecule has 0 radical (unpaired) electrons. The molecule has 7 heteroatoms. The van der Waals surface area contributed by atoms with Crippen LogP contribution in [0, 0.1) is 12.7 Å². The molecule has 0 unspecified atom stereocenters. The third kappa shape index (κ3) is 3.38. The summed E-state index contributed by atoms with van der Waals surface area (Å²) in [4.78, 5) is 12.9. The fourth-order valence-corrected chi connectivity index (χ4v) is 2.93. The fourth-order valence-electron chi connectivity index (χ4n) is 2.93. The molecule has 1 fully saturated rings. The van der Waals surface area contributed by atoms with E-state index >= 15 is 0 Å². The van der Waals surface area contributed by atoms with Gasteiger partial charge < -0.3 is 10.6 Å². The third-order valence-corrected chi connectivity index (χ3v) is 4.23. The van der Waals surface area contributed by atoms with Crippen LogP contribution in [0.15, 0.2) is 36.7 Å². The van der Waals surface area contributed by atoms with E-state index in [1.807, 2.05) is 12.3 Å². The summed E-state index contributed by atoms with van der Waals surface area (Å²) in [6.45, 7) is 3.30. The predicted molar refractivity (Wildman–Crippen MR) is 89.3 cm³/mol. The molecule has 2 N–H and O–H groups in total. The van der Waals surface area contributed by atoms with Crippen LogP contribution in [0.2, 0.25) is 0 Å². The Balaban J connectivity index is 0.00000192. The maximum atomic E-state index is 13.2. The molecule has 1 aromatic carbocycles. The topological polar surface area (TPSA) is 59.0 Å². The maximum Gasteiger partial charge on any atom is 0.252 e. The lowest BCUT2D eigenvalue weighted by Crippen LogP contribution is -2.52. The van der Waals surface area contributed by atoms with Gasteiger partial charge in [-0.3, -0.25) is 9.48 Å². The van der Waals surface area contributed by atoms with E-state index in [4.69, 9.17) is 0 Å². The van der Waals surface area contributed by atoms with Crippen LogP contribution in [0.25, 0.3) is 0 Å². The number of hydrogen-bond acceptors (Lipinski definition) is 3. The minimum absolute atomic E-state index is 0. The zero-order chi connectivity index (χ0) is 15.6. The normalized spacial score (nSPS) is 16.4. The molecule has 23 heavy (non-hydrogen) atoms. The van der Waals surface area contributed by atoms with E-state index in [1.54, 1.807) is 23.9 Å². The smallest absolute Gasteiger partial charge is 0.252 e. The molecule has 5 nitrogen and oxygen atoms in total. The number of hydrogen-bond donors (Lipinski definition) is 2. The predicted octanol–water partition coefficient (Wildman–Crippen LogP) is 2.47. The molecule has 3 rings (SSSR count). The van der Waals surface area contributed by atoms with Crippen molar-refractivity contribution in [3.05, 3.63) is 48.0 Å². The van der Waals surface area contributed by atoms with Crippen LogP contribution in [0.4, 0.5) is 10.1 Å². The average Bonchev–Trinajstić information content (AvgIpc) is 3.05. The number of carbonyl (C=O) groups excluding carboxylic acids is 1. The lowest BCUT2D eigenvalue weighted by Gasteiger charge is -2.36. The Kier molecular flexibility index (Phi) is 5.38. The first-order valence-corrected chi connectivity index (χ1v) is 7.40. The number of carbonyl (C=O) groups is 1. The Morgan fingerprint density at radius 2 is 2.13 bits per heavy atom. The van der Waals surface area contributed by atoms with Crippen molar-refractivity contribution in [3.63, 3.8) is 0 Å². The largest absolute Gasteiger partial charge is 0.324 e. The molecule has 1 aliphatic rings. The molecule has 1 amide bonds. The number of anilines is 1. The van der Waals surface area contributed by atoms with Gasteiger partial charge in [-0.05, 0) is 62.7 Å². The van der Waals surface area contributed by atoms with E-state index in [2.05, 4.69) is 15.7 Å². The first-order valence-electron chi connectivity index (χ1n) is 7.40. The van der Waals surface area contributed by atoms with Crippen LogP contribution in [0.5, 0.6) is 0 Å². The van der Waals surface area contributed by atoms with E-state index in [-0.39, 0.29) is 24.1 Å². The molecule has 0 saturated carbocycles. The van der Waals surface area contributed by atoms with Gasteiger partial charge in [0.15, 0.2) is 0 Å². The molecule has 1 saturated heterocycles. The second kappa shape index (κ2) is 7.10. The van der Waals surface area contributed by atoms with Gasteiger partial charge in [-0.25, -0.2) is 4.39 Å². The van der Waals surface area contributed by atoms with E-state index in [1.165, 1.54) is 12.1 Å². The van der Waals surface area contributed by atoms with Crippen molar-refractivity contribution in [2.75, 3.05) is 18.4 Å². The number of amides is 1. The van der Waals surface area contributed by atoms with Gasteiger partial charge in [0, 0.05) is 18.1 Å². The molecule has 1 aliphatic heterocycles. The second-order valence-electron chi connectivity index (χ2n) is 5.65. The first-order chi connectivity index (χ1) is 10.6. The van der Waals surface area contributed by atoms with E-state index in [0.29, 0.717) is 24.1 Å². The summed E-state index contributed by atoms with van der Waals surface area (Å²) in [5, 5.41) is 10.5. The van der Waals surface area contributed by atoms with E-state index in [9.17, 15) is 9.18 Å². The molecule has 0 bridgehead atoms. The number of piperidine rings is 1. The lowest BCUT2D eigenvalue weighted by molar-refractivity contribution is -0.126. The Labute approximate surface area is 140 Å². The third-order valence-electron chi connectivity index (χ3n) is 4.23. The highest BCUT2D eigenvalue weighted by molar-refractivity contribution is 5.97. The van der Waals surface area contributed by atoms with Gasteiger partial charge in [-0.15, -0.1) is 12.4 Å².